The summed E-state index contributed by atoms with van der Waals surface area (Å²) in [7, 11) is 0. The third-order valence-corrected chi connectivity index (χ3v) is 4.94. The Labute approximate surface area is 208 Å². The molecular weight excluding hydrogens is 517 g/mol. The maximum atomic E-state index is 10.9. The van der Waals surface area contributed by atoms with E-state index >= 15 is 0 Å². The Bertz CT molecular complexity index is 828. The van der Waals surface area contributed by atoms with E-state index < -0.39 is 5.91 Å². The summed E-state index contributed by atoms with van der Waals surface area (Å²) in [6.45, 7) is 10.3. The van der Waals surface area contributed by atoms with E-state index in [2.05, 4.69) is 60.6 Å². The zero-order valence-electron chi connectivity index (χ0n) is 19.2. The number of carbonyl (C=O) groups excluding carboxylic acids is 1. The minimum absolute atomic E-state index is 0. The van der Waals surface area contributed by atoms with Gasteiger partial charge in [0.25, 0.3) is 5.91 Å². The van der Waals surface area contributed by atoms with Crippen LogP contribution < -0.4 is 21.1 Å². The normalized spacial score (nSPS) is 12.1. The lowest BCUT2D eigenvalue weighted by Gasteiger charge is -2.30. The van der Waals surface area contributed by atoms with Crippen molar-refractivity contribution in [3.8, 4) is 5.75 Å². The molecule has 7 nitrogen and oxygen atoms in total. The molecule has 2 aromatic carbocycles. The van der Waals surface area contributed by atoms with Crippen molar-refractivity contribution in [3.05, 3.63) is 65.7 Å². The van der Waals surface area contributed by atoms with Crippen molar-refractivity contribution in [1.29, 1.82) is 0 Å². The van der Waals surface area contributed by atoms with Gasteiger partial charge < -0.3 is 21.1 Å². The molecule has 1 unspecified atom stereocenters. The lowest BCUT2D eigenvalue weighted by molar-refractivity contribution is -0.119. The SMILES string of the molecule is CCNC(=NCc1cccc(OCC(N)=O)c1)NCC(c1ccccc1)N(CC)CC.I. The van der Waals surface area contributed by atoms with Crippen molar-refractivity contribution in [2.24, 2.45) is 10.7 Å². The number of ether oxygens (including phenoxy) is 1. The molecule has 0 saturated carbocycles. The van der Waals surface area contributed by atoms with Crippen molar-refractivity contribution < 1.29 is 9.53 Å². The van der Waals surface area contributed by atoms with Crippen LogP contribution in [-0.2, 0) is 11.3 Å². The first-order chi connectivity index (χ1) is 15.1. The summed E-state index contributed by atoms with van der Waals surface area (Å²) in [6.07, 6.45) is 0. The van der Waals surface area contributed by atoms with Crippen molar-refractivity contribution in [2.45, 2.75) is 33.4 Å². The number of rotatable bonds is 12. The molecular formula is C24H36IN5O2. The third kappa shape index (κ3) is 9.44. The van der Waals surface area contributed by atoms with Crippen molar-refractivity contribution in [3.63, 3.8) is 0 Å². The summed E-state index contributed by atoms with van der Waals surface area (Å²) in [6, 6.07) is 18.3. The number of primary amides is 1. The zero-order valence-corrected chi connectivity index (χ0v) is 21.5. The molecule has 0 aliphatic heterocycles. The third-order valence-electron chi connectivity index (χ3n) is 4.94. The Balaban J connectivity index is 0.00000512. The fourth-order valence-electron chi connectivity index (χ4n) is 3.39. The van der Waals surface area contributed by atoms with Crippen LogP contribution in [0, 0.1) is 0 Å². The van der Waals surface area contributed by atoms with Gasteiger partial charge in [-0.1, -0.05) is 56.3 Å². The maximum Gasteiger partial charge on any atom is 0.255 e. The topological polar surface area (TPSA) is 92.0 Å². The van der Waals surface area contributed by atoms with E-state index in [-0.39, 0.29) is 36.6 Å². The second-order valence-electron chi connectivity index (χ2n) is 7.13. The molecule has 0 aliphatic carbocycles. The molecule has 0 heterocycles. The van der Waals surface area contributed by atoms with E-state index in [4.69, 9.17) is 15.5 Å². The fourth-order valence-corrected chi connectivity index (χ4v) is 3.39. The van der Waals surface area contributed by atoms with Crippen molar-refractivity contribution in [2.75, 3.05) is 32.8 Å². The summed E-state index contributed by atoms with van der Waals surface area (Å²) in [5, 5.41) is 6.82. The number of nitrogens with two attached hydrogens (primary N) is 1. The lowest BCUT2D eigenvalue weighted by atomic mass is 10.1. The molecule has 1 amide bonds. The lowest BCUT2D eigenvalue weighted by Crippen LogP contribution is -2.43. The van der Waals surface area contributed by atoms with E-state index in [1.807, 2.05) is 24.3 Å². The Hall–Kier alpha value is -2.33. The number of nitrogens with one attached hydrogen (secondary N) is 2. The highest BCUT2D eigenvalue weighted by Gasteiger charge is 2.18. The molecule has 4 N–H and O–H groups in total. The summed E-state index contributed by atoms with van der Waals surface area (Å²) >= 11 is 0. The van der Waals surface area contributed by atoms with Gasteiger partial charge in [0.15, 0.2) is 12.6 Å². The molecule has 0 fully saturated rings. The van der Waals surface area contributed by atoms with Gasteiger partial charge in [-0.25, -0.2) is 4.99 Å². The molecule has 0 bridgehead atoms. The fraction of sp³-hybridized carbons (Fsp3) is 0.417. The van der Waals surface area contributed by atoms with Crippen LogP contribution in [0.2, 0.25) is 0 Å². The summed E-state index contributed by atoms with van der Waals surface area (Å²) in [5.41, 5.74) is 7.42. The number of guanidine groups is 1. The molecule has 2 rings (SSSR count). The molecule has 0 aromatic heterocycles. The second-order valence-corrected chi connectivity index (χ2v) is 7.13. The molecule has 32 heavy (non-hydrogen) atoms. The first-order valence-corrected chi connectivity index (χ1v) is 10.9. The molecule has 0 aliphatic rings. The Morgan fingerprint density at radius 2 is 1.78 bits per heavy atom. The Kier molecular flexibility index (Phi) is 13.4. The number of likely N-dealkylation sites (N-methyl/N-ethyl adjacent to an activating group) is 1. The van der Waals surface area contributed by atoms with E-state index in [0.717, 1.165) is 37.7 Å². The van der Waals surface area contributed by atoms with Crippen molar-refractivity contribution in [1.82, 2.24) is 15.5 Å². The molecule has 2 aromatic rings. The number of carbonyl (C=O) groups is 1. The van der Waals surface area contributed by atoms with Gasteiger partial charge in [0.05, 0.1) is 12.6 Å². The first kappa shape index (κ1) is 27.7. The number of benzene rings is 2. The Morgan fingerprint density at radius 3 is 2.41 bits per heavy atom. The predicted molar refractivity (Wildman–Crippen MR) is 141 cm³/mol. The van der Waals surface area contributed by atoms with Gasteiger partial charge in [0, 0.05) is 13.1 Å². The van der Waals surface area contributed by atoms with Crippen LogP contribution >= 0.6 is 24.0 Å². The standard InChI is InChI=1S/C24H35N5O2.HI/c1-4-26-24(27-16-19-11-10-14-21(15-19)31-18-23(25)30)28-17-22(29(5-2)6-3)20-12-8-7-9-13-20;/h7-15,22H,4-6,16-18H2,1-3H3,(H2,25,30)(H2,26,27,28);1H. The number of amides is 1. The van der Waals surface area contributed by atoms with Crippen LogP contribution in [0.15, 0.2) is 59.6 Å². The highest BCUT2D eigenvalue weighted by Crippen LogP contribution is 2.19. The molecule has 0 saturated heterocycles. The van der Waals surface area contributed by atoms with E-state index in [0.29, 0.717) is 12.3 Å². The number of hydrogen-bond acceptors (Lipinski definition) is 4. The van der Waals surface area contributed by atoms with E-state index in [9.17, 15) is 4.79 Å². The average molecular weight is 553 g/mol. The first-order valence-electron chi connectivity index (χ1n) is 10.9. The van der Waals surface area contributed by atoms with Gasteiger partial charge in [0.2, 0.25) is 0 Å². The van der Waals surface area contributed by atoms with Crippen LogP contribution in [0.4, 0.5) is 0 Å². The zero-order chi connectivity index (χ0) is 22.5. The summed E-state index contributed by atoms with van der Waals surface area (Å²) in [5.74, 6) is 0.873. The van der Waals surface area contributed by atoms with Crippen molar-refractivity contribution >= 4 is 35.8 Å². The highest BCUT2D eigenvalue weighted by atomic mass is 127. The number of halogens is 1. The van der Waals surface area contributed by atoms with Crippen LogP contribution in [0.3, 0.4) is 0 Å². The average Bonchev–Trinajstić information content (AvgIpc) is 2.79. The monoisotopic (exact) mass is 553 g/mol. The summed E-state index contributed by atoms with van der Waals surface area (Å²) in [4.78, 5) is 18.1. The molecule has 1 atom stereocenters. The van der Waals surface area contributed by atoms with Gasteiger partial charge in [-0.3, -0.25) is 9.69 Å². The van der Waals surface area contributed by atoms with E-state index in [1.165, 1.54) is 5.56 Å². The highest BCUT2D eigenvalue weighted by molar-refractivity contribution is 14.0. The molecule has 0 spiro atoms. The van der Waals surface area contributed by atoms with Gasteiger partial charge in [-0.05, 0) is 43.3 Å². The van der Waals surface area contributed by atoms with E-state index in [1.54, 1.807) is 6.07 Å². The molecule has 8 heteroatoms. The minimum Gasteiger partial charge on any atom is -0.484 e. The number of hydrogen-bond donors (Lipinski definition) is 3. The van der Waals surface area contributed by atoms with Gasteiger partial charge in [-0.15, -0.1) is 24.0 Å². The second kappa shape index (κ2) is 15.5. The van der Waals surface area contributed by atoms with Gasteiger partial charge in [-0.2, -0.15) is 0 Å². The van der Waals surface area contributed by atoms with Crippen LogP contribution in [0.1, 0.15) is 37.9 Å². The summed E-state index contributed by atoms with van der Waals surface area (Å²) < 4.78 is 5.38. The quantitative estimate of drug-likeness (QED) is 0.213. The maximum absolute atomic E-state index is 10.9. The number of nitrogens with zero attached hydrogens (tertiary/aromatic N) is 2. The van der Waals surface area contributed by atoms with Gasteiger partial charge in [0.1, 0.15) is 5.75 Å². The molecule has 0 radical (unpaired) electrons. The van der Waals surface area contributed by atoms with Crippen LogP contribution in [0.5, 0.6) is 5.75 Å². The molecule has 176 valence electrons. The van der Waals surface area contributed by atoms with Crippen LogP contribution in [0.25, 0.3) is 0 Å². The minimum atomic E-state index is -0.497. The largest absolute Gasteiger partial charge is 0.484 e. The van der Waals surface area contributed by atoms with Crippen LogP contribution in [-0.4, -0.2) is 49.6 Å². The van der Waals surface area contributed by atoms with Gasteiger partial charge >= 0.3 is 0 Å². The smallest absolute Gasteiger partial charge is 0.255 e. The Morgan fingerprint density at radius 1 is 1.06 bits per heavy atom. The number of aliphatic imine (C=N–C) groups is 1. The predicted octanol–water partition coefficient (Wildman–Crippen LogP) is 3.31.